The van der Waals surface area contributed by atoms with Crippen LogP contribution in [0.3, 0.4) is 0 Å². The van der Waals surface area contributed by atoms with Crippen molar-refractivity contribution in [3.63, 3.8) is 0 Å². The summed E-state index contributed by atoms with van der Waals surface area (Å²) >= 11 is 0. The highest BCUT2D eigenvalue weighted by atomic mass is 16.4. The Morgan fingerprint density at radius 2 is 1.76 bits per heavy atom. The summed E-state index contributed by atoms with van der Waals surface area (Å²) < 4.78 is 0. The number of rotatable bonds is 2. The third kappa shape index (κ3) is 1.96. The van der Waals surface area contributed by atoms with E-state index in [1.54, 1.807) is 0 Å². The van der Waals surface area contributed by atoms with E-state index in [2.05, 4.69) is 29.4 Å². The van der Waals surface area contributed by atoms with Crippen molar-refractivity contribution in [1.29, 1.82) is 0 Å². The molecule has 0 spiro atoms. The molecule has 2 rings (SSSR count). The fourth-order valence-corrected chi connectivity index (χ4v) is 1.85. The summed E-state index contributed by atoms with van der Waals surface area (Å²) in [6.07, 6.45) is 0. The SMILES string of the molecule is CC(C)(/C(N)=N\O)c1ccc2ccccc2c1. The van der Waals surface area contributed by atoms with Gasteiger partial charge in [-0.25, -0.2) is 0 Å². The Kier molecular flexibility index (Phi) is 2.76. The quantitative estimate of drug-likeness (QED) is 0.359. The molecular formula is C14H16N2O. The van der Waals surface area contributed by atoms with Gasteiger partial charge in [-0.1, -0.05) is 47.6 Å². The lowest BCUT2D eigenvalue weighted by Gasteiger charge is -2.23. The van der Waals surface area contributed by atoms with Crippen LogP contribution >= 0.6 is 0 Å². The summed E-state index contributed by atoms with van der Waals surface area (Å²) in [6.45, 7) is 3.87. The molecule has 0 amide bonds. The van der Waals surface area contributed by atoms with Gasteiger partial charge < -0.3 is 10.9 Å². The Labute approximate surface area is 101 Å². The van der Waals surface area contributed by atoms with E-state index in [-0.39, 0.29) is 5.84 Å². The maximum Gasteiger partial charge on any atom is 0.149 e. The first-order valence-corrected chi connectivity index (χ1v) is 5.53. The molecule has 3 N–H and O–H groups in total. The van der Waals surface area contributed by atoms with Crippen LogP contribution in [-0.4, -0.2) is 11.0 Å². The molecule has 88 valence electrons. The molecular weight excluding hydrogens is 212 g/mol. The molecule has 0 radical (unpaired) electrons. The highest BCUT2D eigenvalue weighted by molar-refractivity contribution is 5.92. The summed E-state index contributed by atoms with van der Waals surface area (Å²) in [5.74, 6) is 0.216. The second-order valence-electron chi connectivity index (χ2n) is 4.67. The number of oxime groups is 1. The van der Waals surface area contributed by atoms with Crippen molar-refractivity contribution in [2.75, 3.05) is 0 Å². The van der Waals surface area contributed by atoms with Crippen LogP contribution in [0.2, 0.25) is 0 Å². The monoisotopic (exact) mass is 228 g/mol. The molecule has 3 heteroatoms. The Morgan fingerprint density at radius 3 is 2.41 bits per heavy atom. The first-order valence-electron chi connectivity index (χ1n) is 5.53. The van der Waals surface area contributed by atoms with Gasteiger partial charge in [-0.2, -0.15) is 0 Å². The predicted molar refractivity (Wildman–Crippen MR) is 70.4 cm³/mol. The van der Waals surface area contributed by atoms with Gasteiger partial charge in [0.25, 0.3) is 0 Å². The van der Waals surface area contributed by atoms with Crippen molar-refractivity contribution in [3.8, 4) is 0 Å². The van der Waals surface area contributed by atoms with Crippen molar-refractivity contribution >= 4 is 16.6 Å². The van der Waals surface area contributed by atoms with Crippen LogP contribution in [0.25, 0.3) is 10.8 Å². The van der Waals surface area contributed by atoms with Gasteiger partial charge in [0.1, 0.15) is 5.84 Å². The molecule has 17 heavy (non-hydrogen) atoms. The lowest BCUT2D eigenvalue weighted by atomic mass is 9.82. The number of fused-ring (bicyclic) bond motifs is 1. The van der Waals surface area contributed by atoms with Gasteiger partial charge >= 0.3 is 0 Å². The zero-order chi connectivity index (χ0) is 12.5. The molecule has 3 nitrogen and oxygen atoms in total. The summed E-state index contributed by atoms with van der Waals surface area (Å²) in [6, 6.07) is 14.3. The van der Waals surface area contributed by atoms with E-state index < -0.39 is 5.41 Å². The van der Waals surface area contributed by atoms with Crippen molar-refractivity contribution in [2.45, 2.75) is 19.3 Å². The van der Waals surface area contributed by atoms with E-state index in [9.17, 15) is 0 Å². The average molecular weight is 228 g/mol. The van der Waals surface area contributed by atoms with Gasteiger partial charge in [-0.3, -0.25) is 0 Å². The minimum atomic E-state index is -0.473. The van der Waals surface area contributed by atoms with Crippen LogP contribution in [0.4, 0.5) is 0 Å². The Hall–Kier alpha value is -2.03. The molecule has 0 fully saturated rings. The Morgan fingerprint density at radius 1 is 1.12 bits per heavy atom. The Balaban J connectivity index is 2.57. The van der Waals surface area contributed by atoms with Gasteiger partial charge in [0.15, 0.2) is 0 Å². The van der Waals surface area contributed by atoms with Crippen LogP contribution in [0.1, 0.15) is 19.4 Å². The number of nitrogens with two attached hydrogens (primary N) is 1. The van der Waals surface area contributed by atoms with E-state index in [1.165, 1.54) is 5.39 Å². The predicted octanol–water partition coefficient (Wildman–Crippen LogP) is 2.86. The average Bonchev–Trinajstić information content (AvgIpc) is 2.37. The minimum absolute atomic E-state index is 0.216. The van der Waals surface area contributed by atoms with E-state index in [0.29, 0.717) is 0 Å². The van der Waals surface area contributed by atoms with E-state index in [1.807, 2.05) is 32.0 Å². The highest BCUT2D eigenvalue weighted by Crippen LogP contribution is 2.26. The number of hydrogen-bond acceptors (Lipinski definition) is 2. The summed E-state index contributed by atoms with van der Waals surface area (Å²) in [5, 5.41) is 14.3. The molecule has 0 aromatic heterocycles. The topological polar surface area (TPSA) is 58.6 Å². The fraction of sp³-hybridized carbons (Fsp3) is 0.214. The van der Waals surface area contributed by atoms with Crippen LogP contribution in [-0.2, 0) is 5.41 Å². The molecule has 0 bridgehead atoms. The van der Waals surface area contributed by atoms with Gasteiger partial charge in [0.05, 0.1) is 5.41 Å². The fourth-order valence-electron chi connectivity index (χ4n) is 1.85. The molecule has 0 aliphatic carbocycles. The number of nitrogens with zero attached hydrogens (tertiary/aromatic N) is 1. The summed E-state index contributed by atoms with van der Waals surface area (Å²) in [5.41, 5.74) is 6.29. The number of benzene rings is 2. The lowest BCUT2D eigenvalue weighted by molar-refractivity contribution is 0.313. The third-order valence-electron chi connectivity index (χ3n) is 3.22. The molecule has 0 unspecified atom stereocenters. The first-order chi connectivity index (χ1) is 8.05. The molecule has 2 aromatic rings. The molecule has 0 aliphatic heterocycles. The van der Waals surface area contributed by atoms with Crippen molar-refractivity contribution < 1.29 is 5.21 Å². The van der Waals surface area contributed by atoms with Crippen molar-refractivity contribution in [1.82, 2.24) is 0 Å². The maximum absolute atomic E-state index is 8.81. The van der Waals surface area contributed by atoms with E-state index in [4.69, 9.17) is 10.9 Å². The van der Waals surface area contributed by atoms with Crippen LogP contribution in [0.15, 0.2) is 47.6 Å². The number of hydrogen-bond donors (Lipinski definition) is 2. The van der Waals surface area contributed by atoms with E-state index in [0.717, 1.165) is 10.9 Å². The largest absolute Gasteiger partial charge is 0.409 e. The molecule has 0 heterocycles. The van der Waals surface area contributed by atoms with Crippen LogP contribution < -0.4 is 5.73 Å². The van der Waals surface area contributed by atoms with E-state index >= 15 is 0 Å². The van der Waals surface area contributed by atoms with Crippen molar-refractivity contribution in [3.05, 3.63) is 48.0 Å². The third-order valence-corrected chi connectivity index (χ3v) is 3.22. The standard InChI is InChI=1S/C14H16N2O/c1-14(2,13(15)16-17)12-8-7-10-5-3-4-6-11(10)9-12/h3-9,17H,1-2H3,(H2,15,16). The van der Waals surface area contributed by atoms with Gasteiger partial charge in [-0.05, 0) is 30.2 Å². The zero-order valence-electron chi connectivity index (χ0n) is 10.0. The van der Waals surface area contributed by atoms with Crippen LogP contribution in [0, 0.1) is 0 Å². The molecule has 0 saturated carbocycles. The van der Waals surface area contributed by atoms with Gasteiger partial charge in [0, 0.05) is 0 Å². The maximum atomic E-state index is 8.81. The minimum Gasteiger partial charge on any atom is -0.409 e. The molecule has 0 saturated heterocycles. The second kappa shape index (κ2) is 4.09. The molecule has 2 aromatic carbocycles. The molecule has 0 atom stereocenters. The lowest BCUT2D eigenvalue weighted by Crippen LogP contribution is -2.35. The number of amidine groups is 1. The van der Waals surface area contributed by atoms with Crippen molar-refractivity contribution in [2.24, 2.45) is 10.9 Å². The molecule has 0 aliphatic rings. The Bertz CT molecular complexity index is 573. The van der Waals surface area contributed by atoms with Crippen LogP contribution in [0.5, 0.6) is 0 Å². The summed E-state index contributed by atoms with van der Waals surface area (Å²) in [7, 11) is 0. The second-order valence-corrected chi connectivity index (χ2v) is 4.67. The zero-order valence-corrected chi connectivity index (χ0v) is 10.0. The summed E-state index contributed by atoms with van der Waals surface area (Å²) in [4.78, 5) is 0. The normalized spacial score (nSPS) is 12.9. The smallest absolute Gasteiger partial charge is 0.149 e. The van der Waals surface area contributed by atoms with Gasteiger partial charge in [-0.15, -0.1) is 0 Å². The highest BCUT2D eigenvalue weighted by Gasteiger charge is 2.26. The van der Waals surface area contributed by atoms with Gasteiger partial charge in [0.2, 0.25) is 0 Å². The first kappa shape index (κ1) is 11.5.